The van der Waals surface area contributed by atoms with Crippen LogP contribution < -0.4 is 5.32 Å². The molecule has 0 atom stereocenters. The molecule has 0 aliphatic carbocycles. The molecule has 6 nitrogen and oxygen atoms in total. The van der Waals surface area contributed by atoms with Gasteiger partial charge in [0, 0.05) is 23.9 Å². The van der Waals surface area contributed by atoms with E-state index in [0.29, 0.717) is 22.7 Å². The molecule has 0 aliphatic rings. The number of carbonyl (C=O) groups is 1. The van der Waals surface area contributed by atoms with Crippen LogP contribution in [0.5, 0.6) is 0 Å². The van der Waals surface area contributed by atoms with Gasteiger partial charge < -0.3 is 9.88 Å². The van der Waals surface area contributed by atoms with Gasteiger partial charge in [0.25, 0.3) is 0 Å². The maximum atomic E-state index is 13.5. The monoisotopic (exact) mass is 333 g/mol. The van der Waals surface area contributed by atoms with Crippen LogP contribution in [-0.2, 0) is 11.3 Å². The largest absolute Gasteiger partial charge is 0.319 e. The van der Waals surface area contributed by atoms with Gasteiger partial charge in [0.15, 0.2) is 17.5 Å². The summed E-state index contributed by atoms with van der Waals surface area (Å²) in [5.41, 5.74) is 1.58. The molecule has 126 valence electrons. The van der Waals surface area contributed by atoms with Crippen molar-refractivity contribution in [2.45, 2.75) is 33.2 Å². The molecule has 0 fully saturated rings. The summed E-state index contributed by atoms with van der Waals surface area (Å²) < 4.78 is 28.3. The summed E-state index contributed by atoms with van der Waals surface area (Å²) in [4.78, 5) is 16.4. The molecule has 2 aromatic heterocycles. The van der Waals surface area contributed by atoms with Crippen molar-refractivity contribution in [1.82, 2.24) is 19.7 Å². The lowest BCUT2D eigenvalue weighted by molar-refractivity contribution is -0.116. The number of rotatable bonds is 4. The molecule has 1 aromatic carbocycles. The summed E-state index contributed by atoms with van der Waals surface area (Å²) in [6, 6.07) is 3.83. The van der Waals surface area contributed by atoms with Crippen LogP contribution in [0.4, 0.5) is 14.6 Å². The molecule has 0 saturated carbocycles. The van der Waals surface area contributed by atoms with E-state index in [-0.39, 0.29) is 18.4 Å². The molecule has 0 radical (unpaired) electrons. The fourth-order valence-corrected chi connectivity index (χ4v) is 2.46. The molecule has 1 amide bonds. The number of imidazole rings is 1. The van der Waals surface area contributed by atoms with E-state index >= 15 is 0 Å². The lowest BCUT2D eigenvalue weighted by Crippen LogP contribution is -2.19. The van der Waals surface area contributed by atoms with Crippen LogP contribution in [-0.4, -0.2) is 25.7 Å². The first-order valence-corrected chi connectivity index (χ1v) is 7.52. The number of H-pyrrole nitrogens is 1. The molecule has 2 heterocycles. The Kier molecular flexibility index (Phi) is 4.04. The zero-order valence-electron chi connectivity index (χ0n) is 13.5. The summed E-state index contributed by atoms with van der Waals surface area (Å²) in [5, 5.41) is 9.55. The van der Waals surface area contributed by atoms with Crippen molar-refractivity contribution < 1.29 is 13.6 Å². The number of amides is 1. The lowest BCUT2D eigenvalue weighted by atomic mass is 10.1. The van der Waals surface area contributed by atoms with Gasteiger partial charge in [-0.05, 0) is 12.8 Å². The van der Waals surface area contributed by atoms with Crippen molar-refractivity contribution in [3.8, 4) is 0 Å². The Morgan fingerprint density at radius 1 is 1.29 bits per heavy atom. The number of hydrogen-bond acceptors (Lipinski definition) is 3. The molecular formula is C16H17F2N5O. The molecule has 0 saturated heterocycles. The van der Waals surface area contributed by atoms with Crippen LogP contribution in [0.2, 0.25) is 0 Å². The number of nitrogens with zero attached hydrogens (tertiary/aromatic N) is 3. The van der Waals surface area contributed by atoms with E-state index in [0.717, 1.165) is 17.8 Å². The molecule has 0 unspecified atom stereocenters. The molecule has 0 bridgehead atoms. The SMILES string of the molecule is Cc1nc2cc(F)c(F)cc2n1CC(=O)Nc1cc(C(C)C)[nH]n1. The van der Waals surface area contributed by atoms with Crippen LogP contribution >= 0.6 is 0 Å². The Labute approximate surface area is 136 Å². The van der Waals surface area contributed by atoms with E-state index in [2.05, 4.69) is 20.5 Å². The fraction of sp³-hybridized carbons (Fsp3) is 0.312. The number of halogens is 2. The minimum Gasteiger partial charge on any atom is -0.319 e. The molecule has 8 heteroatoms. The number of aromatic nitrogens is 4. The van der Waals surface area contributed by atoms with E-state index in [1.54, 1.807) is 13.0 Å². The Hall–Kier alpha value is -2.77. The standard InChI is InChI=1S/C16H17F2N5O/c1-8(2)12-6-15(22-21-12)20-16(24)7-23-9(3)19-13-4-10(17)11(18)5-14(13)23/h4-6,8H,7H2,1-3H3,(H2,20,21,22,24). The van der Waals surface area contributed by atoms with Crippen molar-refractivity contribution in [2.24, 2.45) is 0 Å². The number of anilines is 1. The van der Waals surface area contributed by atoms with E-state index in [1.165, 1.54) is 4.57 Å². The van der Waals surface area contributed by atoms with Crippen molar-refractivity contribution in [3.05, 3.63) is 41.4 Å². The summed E-state index contributed by atoms with van der Waals surface area (Å²) in [6.45, 7) is 5.62. The van der Waals surface area contributed by atoms with E-state index in [4.69, 9.17) is 0 Å². The number of aryl methyl sites for hydroxylation is 1. The quantitative estimate of drug-likeness (QED) is 0.770. The number of fused-ring (bicyclic) bond motifs is 1. The Bertz CT molecular complexity index is 913. The molecule has 3 rings (SSSR count). The van der Waals surface area contributed by atoms with Crippen LogP contribution in [0.15, 0.2) is 18.2 Å². The number of nitrogens with one attached hydrogen (secondary N) is 2. The maximum absolute atomic E-state index is 13.5. The number of carbonyl (C=O) groups excluding carboxylic acids is 1. The number of hydrogen-bond donors (Lipinski definition) is 2. The Morgan fingerprint density at radius 2 is 2.00 bits per heavy atom. The highest BCUT2D eigenvalue weighted by Crippen LogP contribution is 2.20. The van der Waals surface area contributed by atoms with Crippen LogP contribution in [0, 0.1) is 18.6 Å². The lowest BCUT2D eigenvalue weighted by Gasteiger charge is -2.07. The van der Waals surface area contributed by atoms with Gasteiger partial charge >= 0.3 is 0 Å². The first-order valence-electron chi connectivity index (χ1n) is 7.52. The average Bonchev–Trinajstić information content (AvgIpc) is 3.07. The highest BCUT2D eigenvalue weighted by atomic mass is 19.2. The van der Waals surface area contributed by atoms with E-state index in [1.807, 2.05) is 13.8 Å². The molecule has 24 heavy (non-hydrogen) atoms. The maximum Gasteiger partial charge on any atom is 0.245 e. The van der Waals surface area contributed by atoms with E-state index < -0.39 is 11.6 Å². The summed E-state index contributed by atoms with van der Waals surface area (Å²) in [6.07, 6.45) is 0. The third-order valence-corrected chi connectivity index (χ3v) is 3.77. The summed E-state index contributed by atoms with van der Waals surface area (Å²) in [5.74, 6) is -1.09. The second-order valence-corrected chi connectivity index (χ2v) is 5.91. The minimum absolute atomic E-state index is 0.0721. The third-order valence-electron chi connectivity index (χ3n) is 3.77. The predicted octanol–water partition coefficient (Wildman–Crippen LogP) is 3.11. The van der Waals surface area contributed by atoms with Gasteiger partial charge in [-0.15, -0.1) is 0 Å². The van der Waals surface area contributed by atoms with Crippen LogP contribution in [0.25, 0.3) is 11.0 Å². The van der Waals surface area contributed by atoms with Crippen molar-refractivity contribution >= 4 is 22.8 Å². The highest BCUT2D eigenvalue weighted by molar-refractivity contribution is 5.91. The van der Waals surface area contributed by atoms with Gasteiger partial charge in [-0.25, -0.2) is 13.8 Å². The summed E-state index contributed by atoms with van der Waals surface area (Å²) in [7, 11) is 0. The topological polar surface area (TPSA) is 75.6 Å². The number of aromatic amines is 1. The van der Waals surface area contributed by atoms with Crippen molar-refractivity contribution in [1.29, 1.82) is 0 Å². The average molecular weight is 333 g/mol. The molecule has 3 aromatic rings. The van der Waals surface area contributed by atoms with Crippen LogP contribution in [0.3, 0.4) is 0 Å². The normalized spacial score (nSPS) is 11.4. The van der Waals surface area contributed by atoms with Gasteiger partial charge in [-0.1, -0.05) is 13.8 Å². The zero-order valence-corrected chi connectivity index (χ0v) is 13.5. The molecular weight excluding hydrogens is 316 g/mol. The predicted molar refractivity (Wildman–Crippen MR) is 85.7 cm³/mol. The Morgan fingerprint density at radius 3 is 2.67 bits per heavy atom. The van der Waals surface area contributed by atoms with Gasteiger partial charge in [-0.3, -0.25) is 9.89 Å². The fourth-order valence-electron chi connectivity index (χ4n) is 2.46. The van der Waals surface area contributed by atoms with Gasteiger partial charge in [0.1, 0.15) is 12.4 Å². The van der Waals surface area contributed by atoms with Gasteiger partial charge in [-0.2, -0.15) is 5.10 Å². The third kappa shape index (κ3) is 2.99. The summed E-state index contributed by atoms with van der Waals surface area (Å²) >= 11 is 0. The molecule has 2 N–H and O–H groups in total. The second kappa shape index (κ2) is 6.03. The molecule has 0 spiro atoms. The highest BCUT2D eigenvalue weighted by Gasteiger charge is 2.15. The van der Waals surface area contributed by atoms with Gasteiger partial charge in [0.05, 0.1) is 11.0 Å². The molecule has 0 aliphatic heterocycles. The Balaban J connectivity index is 1.82. The first-order chi connectivity index (χ1) is 11.3. The number of benzene rings is 1. The van der Waals surface area contributed by atoms with Gasteiger partial charge in [0.2, 0.25) is 5.91 Å². The van der Waals surface area contributed by atoms with E-state index in [9.17, 15) is 13.6 Å². The second-order valence-electron chi connectivity index (χ2n) is 5.91. The van der Waals surface area contributed by atoms with Crippen molar-refractivity contribution in [2.75, 3.05) is 5.32 Å². The van der Waals surface area contributed by atoms with Crippen LogP contribution in [0.1, 0.15) is 31.3 Å². The van der Waals surface area contributed by atoms with Crippen molar-refractivity contribution in [3.63, 3.8) is 0 Å². The minimum atomic E-state index is -0.974. The zero-order chi connectivity index (χ0) is 17.4. The first kappa shape index (κ1) is 16.1. The smallest absolute Gasteiger partial charge is 0.245 e.